The third-order valence-corrected chi connectivity index (χ3v) is 4.67. The van der Waals surface area contributed by atoms with Gasteiger partial charge in [-0.1, -0.05) is 5.16 Å². The van der Waals surface area contributed by atoms with E-state index in [0.717, 1.165) is 11.1 Å². The number of amides is 1. The maximum atomic E-state index is 12.4. The third-order valence-electron chi connectivity index (χ3n) is 3.54. The van der Waals surface area contributed by atoms with Crippen molar-refractivity contribution in [3.05, 3.63) is 52.2 Å². The molecular weight excluding hydrogens is 354 g/mol. The third kappa shape index (κ3) is 3.80. The first kappa shape index (κ1) is 17.8. The molecule has 26 heavy (non-hydrogen) atoms. The van der Waals surface area contributed by atoms with Crippen LogP contribution in [-0.2, 0) is 4.74 Å². The van der Waals surface area contributed by atoms with Crippen LogP contribution in [0, 0.1) is 13.8 Å². The molecule has 0 aliphatic heterocycles. The van der Waals surface area contributed by atoms with Crippen molar-refractivity contribution in [1.29, 1.82) is 0 Å². The number of nitrogens with one attached hydrogen (secondary N) is 1. The Labute approximate surface area is 154 Å². The van der Waals surface area contributed by atoms with Gasteiger partial charge >= 0.3 is 5.97 Å². The molecule has 8 heteroatoms. The van der Waals surface area contributed by atoms with E-state index < -0.39 is 0 Å². The first-order chi connectivity index (χ1) is 12.5. The van der Waals surface area contributed by atoms with Crippen LogP contribution in [0.2, 0.25) is 0 Å². The molecule has 0 unspecified atom stereocenters. The highest BCUT2D eigenvalue weighted by Gasteiger charge is 2.16. The number of rotatable bonds is 5. The average Bonchev–Trinajstić information content (AvgIpc) is 3.21. The average molecular weight is 371 g/mol. The summed E-state index contributed by atoms with van der Waals surface area (Å²) in [4.78, 5) is 28.9. The van der Waals surface area contributed by atoms with Crippen molar-refractivity contribution in [2.24, 2.45) is 0 Å². The van der Waals surface area contributed by atoms with Crippen LogP contribution < -0.4 is 5.32 Å². The molecule has 1 N–H and O–H groups in total. The molecule has 134 valence electrons. The van der Waals surface area contributed by atoms with E-state index in [-0.39, 0.29) is 11.9 Å². The lowest BCUT2D eigenvalue weighted by atomic mass is 10.1. The topological polar surface area (TPSA) is 94.3 Å². The minimum Gasteiger partial charge on any atom is -0.462 e. The van der Waals surface area contributed by atoms with Crippen LogP contribution in [0.3, 0.4) is 0 Å². The van der Waals surface area contributed by atoms with Gasteiger partial charge in [0.2, 0.25) is 0 Å². The summed E-state index contributed by atoms with van der Waals surface area (Å²) in [6, 6.07) is 8.59. The molecule has 0 bridgehead atoms. The minimum absolute atomic E-state index is 0.269. The normalized spacial score (nSPS) is 10.6. The number of ether oxygens (including phenoxy) is 1. The van der Waals surface area contributed by atoms with E-state index in [1.165, 1.54) is 11.3 Å². The number of anilines is 1. The lowest BCUT2D eigenvalue weighted by Gasteiger charge is -2.03. The summed E-state index contributed by atoms with van der Waals surface area (Å²) in [5.74, 6) is 0.305. The fourth-order valence-corrected chi connectivity index (χ4v) is 3.27. The Bertz CT molecular complexity index is 944. The summed E-state index contributed by atoms with van der Waals surface area (Å²) in [6.45, 7) is 5.61. The van der Waals surface area contributed by atoms with Crippen molar-refractivity contribution < 1.29 is 18.8 Å². The van der Waals surface area contributed by atoms with Crippen LogP contribution in [0.25, 0.3) is 11.5 Å². The molecule has 0 aliphatic carbocycles. The van der Waals surface area contributed by atoms with Gasteiger partial charge in [-0.05, 0) is 56.7 Å². The number of carbonyl (C=O) groups excluding carboxylic acids is 2. The van der Waals surface area contributed by atoms with Crippen molar-refractivity contribution in [2.75, 3.05) is 11.9 Å². The van der Waals surface area contributed by atoms with E-state index in [2.05, 4.69) is 15.5 Å². The molecule has 2 heterocycles. The Hall–Kier alpha value is -3.00. The monoisotopic (exact) mass is 371 g/mol. The summed E-state index contributed by atoms with van der Waals surface area (Å²) >= 11 is 1.19. The number of hydrogen-bond donors (Lipinski definition) is 1. The van der Waals surface area contributed by atoms with Gasteiger partial charge < -0.3 is 14.6 Å². The molecule has 1 aromatic carbocycles. The number of esters is 1. The number of nitrogens with zero attached hydrogens (tertiary/aromatic N) is 2. The van der Waals surface area contributed by atoms with Gasteiger partial charge in [0.15, 0.2) is 5.82 Å². The Kier molecular flexibility index (Phi) is 5.13. The second-order valence-electron chi connectivity index (χ2n) is 5.52. The molecule has 0 fully saturated rings. The number of thiophene rings is 1. The zero-order valence-electron chi connectivity index (χ0n) is 14.5. The molecule has 3 rings (SSSR count). The van der Waals surface area contributed by atoms with Crippen molar-refractivity contribution in [1.82, 2.24) is 10.1 Å². The maximum Gasteiger partial charge on any atom is 0.348 e. The summed E-state index contributed by atoms with van der Waals surface area (Å²) < 4.78 is 10.1. The first-order valence-electron chi connectivity index (χ1n) is 7.97. The Morgan fingerprint density at radius 2 is 1.96 bits per heavy atom. The van der Waals surface area contributed by atoms with E-state index in [1.54, 1.807) is 51.1 Å². The number of aryl methyl sites for hydroxylation is 2. The van der Waals surface area contributed by atoms with Crippen LogP contribution in [0.4, 0.5) is 5.00 Å². The van der Waals surface area contributed by atoms with Crippen molar-refractivity contribution in [3.8, 4) is 11.5 Å². The van der Waals surface area contributed by atoms with Gasteiger partial charge in [0, 0.05) is 11.1 Å². The summed E-state index contributed by atoms with van der Waals surface area (Å²) in [5.41, 5.74) is 1.98. The van der Waals surface area contributed by atoms with Crippen molar-refractivity contribution in [2.45, 2.75) is 20.8 Å². The van der Waals surface area contributed by atoms with Crippen LogP contribution >= 0.6 is 11.3 Å². The highest BCUT2D eigenvalue weighted by atomic mass is 32.1. The van der Waals surface area contributed by atoms with Crippen LogP contribution in [0.1, 0.15) is 38.3 Å². The highest BCUT2D eigenvalue weighted by Crippen LogP contribution is 2.28. The van der Waals surface area contributed by atoms with Gasteiger partial charge in [-0.3, -0.25) is 4.79 Å². The fourth-order valence-electron chi connectivity index (χ4n) is 2.31. The number of benzene rings is 1. The Morgan fingerprint density at radius 3 is 2.58 bits per heavy atom. The van der Waals surface area contributed by atoms with Crippen LogP contribution in [-0.4, -0.2) is 28.6 Å². The van der Waals surface area contributed by atoms with Gasteiger partial charge in [-0.15, -0.1) is 11.3 Å². The second kappa shape index (κ2) is 7.49. The molecular formula is C18H17N3O4S. The zero-order valence-corrected chi connectivity index (χ0v) is 15.3. The van der Waals surface area contributed by atoms with Gasteiger partial charge in [0.1, 0.15) is 4.88 Å². The molecule has 0 saturated carbocycles. The quantitative estimate of drug-likeness (QED) is 0.685. The van der Waals surface area contributed by atoms with Gasteiger partial charge in [-0.2, -0.15) is 4.98 Å². The summed E-state index contributed by atoms with van der Waals surface area (Å²) in [5, 5.41) is 7.13. The smallest absolute Gasteiger partial charge is 0.348 e. The van der Waals surface area contributed by atoms with Gasteiger partial charge in [0.25, 0.3) is 11.8 Å². The Balaban J connectivity index is 1.72. The van der Waals surface area contributed by atoms with E-state index in [9.17, 15) is 9.59 Å². The lowest BCUT2D eigenvalue weighted by Crippen LogP contribution is -2.10. The standard InChI is InChI=1S/C18H17N3O4S/c1-4-24-18(23)15-10(2)9-14(26-15)20-16(22)12-5-7-13(8-6-12)17-19-11(3)21-25-17/h5-9H,4H2,1-3H3,(H,20,22). The second-order valence-corrected chi connectivity index (χ2v) is 6.57. The maximum absolute atomic E-state index is 12.4. The molecule has 3 aromatic rings. The predicted octanol–water partition coefficient (Wildman–Crippen LogP) is 3.84. The molecule has 7 nitrogen and oxygen atoms in total. The van der Waals surface area contributed by atoms with Crippen molar-refractivity contribution >= 4 is 28.2 Å². The van der Waals surface area contributed by atoms with Gasteiger partial charge in [0.05, 0.1) is 11.6 Å². The number of hydrogen-bond acceptors (Lipinski definition) is 7. The van der Waals surface area contributed by atoms with E-state index in [0.29, 0.717) is 33.8 Å². The molecule has 1 amide bonds. The minimum atomic E-state index is -0.380. The Morgan fingerprint density at radius 1 is 1.23 bits per heavy atom. The van der Waals surface area contributed by atoms with Crippen molar-refractivity contribution in [3.63, 3.8) is 0 Å². The van der Waals surface area contributed by atoms with E-state index >= 15 is 0 Å². The SMILES string of the molecule is CCOC(=O)c1sc(NC(=O)c2ccc(-c3nc(C)no3)cc2)cc1C. The molecule has 0 radical (unpaired) electrons. The van der Waals surface area contributed by atoms with Crippen LogP contribution in [0.15, 0.2) is 34.9 Å². The lowest BCUT2D eigenvalue weighted by molar-refractivity contribution is 0.0531. The summed E-state index contributed by atoms with van der Waals surface area (Å²) in [7, 11) is 0. The highest BCUT2D eigenvalue weighted by molar-refractivity contribution is 7.18. The molecule has 0 spiro atoms. The van der Waals surface area contributed by atoms with E-state index in [1.807, 2.05) is 0 Å². The zero-order chi connectivity index (χ0) is 18.7. The predicted molar refractivity (Wildman–Crippen MR) is 97.4 cm³/mol. The first-order valence-corrected chi connectivity index (χ1v) is 8.79. The largest absolute Gasteiger partial charge is 0.462 e. The molecule has 2 aromatic heterocycles. The van der Waals surface area contributed by atoms with E-state index in [4.69, 9.17) is 9.26 Å². The molecule has 0 saturated heterocycles. The van der Waals surface area contributed by atoms with Crippen LogP contribution in [0.5, 0.6) is 0 Å². The fraction of sp³-hybridized carbons (Fsp3) is 0.222. The van der Waals surface area contributed by atoms with Gasteiger partial charge in [-0.25, -0.2) is 4.79 Å². The molecule has 0 atom stereocenters. The number of carbonyl (C=O) groups is 2. The summed E-state index contributed by atoms with van der Waals surface area (Å²) in [6.07, 6.45) is 0. The molecule has 0 aliphatic rings. The number of aromatic nitrogens is 2.